The number of amides is 1. The number of nitrogens with one attached hydrogen (secondary N) is 1. The minimum absolute atomic E-state index is 0.0441. The zero-order valence-corrected chi connectivity index (χ0v) is 10.9. The van der Waals surface area contributed by atoms with E-state index in [9.17, 15) is 9.18 Å². The van der Waals surface area contributed by atoms with E-state index in [2.05, 4.69) is 5.32 Å². The number of alkyl halides is 1. The molecule has 0 radical (unpaired) electrons. The van der Waals surface area contributed by atoms with E-state index in [0.29, 0.717) is 11.4 Å². The molecule has 17 heavy (non-hydrogen) atoms. The molecular formula is C13H17ClFNO. The van der Waals surface area contributed by atoms with Crippen molar-refractivity contribution in [1.82, 2.24) is 5.32 Å². The number of halogens is 2. The average molecular weight is 258 g/mol. The second-order valence-corrected chi connectivity index (χ2v) is 4.39. The summed E-state index contributed by atoms with van der Waals surface area (Å²) < 4.78 is 13.1. The van der Waals surface area contributed by atoms with Gasteiger partial charge in [0.25, 0.3) is 5.91 Å². The largest absolute Gasteiger partial charge is 0.349 e. The van der Waals surface area contributed by atoms with Gasteiger partial charge in [-0.15, -0.1) is 11.6 Å². The molecule has 0 aliphatic heterocycles. The van der Waals surface area contributed by atoms with Crippen molar-refractivity contribution >= 4 is 17.5 Å². The van der Waals surface area contributed by atoms with E-state index < -0.39 is 5.82 Å². The summed E-state index contributed by atoms with van der Waals surface area (Å²) in [5, 5.41) is 2.86. The van der Waals surface area contributed by atoms with E-state index in [-0.39, 0.29) is 11.9 Å². The van der Waals surface area contributed by atoms with Crippen molar-refractivity contribution in [1.29, 1.82) is 0 Å². The van der Waals surface area contributed by atoms with Crippen molar-refractivity contribution < 1.29 is 9.18 Å². The first-order chi connectivity index (χ1) is 8.08. The van der Waals surface area contributed by atoms with Crippen LogP contribution in [0.15, 0.2) is 18.2 Å². The molecule has 4 heteroatoms. The van der Waals surface area contributed by atoms with Crippen LogP contribution in [-0.2, 0) is 0 Å². The van der Waals surface area contributed by atoms with Crippen LogP contribution >= 0.6 is 11.6 Å². The van der Waals surface area contributed by atoms with Gasteiger partial charge in [-0.1, -0.05) is 13.0 Å². The van der Waals surface area contributed by atoms with Gasteiger partial charge in [-0.3, -0.25) is 4.79 Å². The number of carbonyl (C=O) groups is 1. The van der Waals surface area contributed by atoms with Crippen LogP contribution in [0.25, 0.3) is 0 Å². The lowest BCUT2D eigenvalue weighted by Gasteiger charge is -2.16. The summed E-state index contributed by atoms with van der Waals surface area (Å²) in [6, 6.07) is 4.26. The molecule has 94 valence electrons. The SMILES string of the molecule is CCC(CCCl)NC(=O)c1cc(F)ccc1C. The van der Waals surface area contributed by atoms with Gasteiger partial charge in [0.05, 0.1) is 0 Å². The Labute approximate surface area is 106 Å². The number of aryl methyl sites for hydroxylation is 1. The molecule has 1 aromatic rings. The van der Waals surface area contributed by atoms with Gasteiger partial charge in [0.15, 0.2) is 0 Å². The molecule has 0 heterocycles. The molecule has 1 atom stereocenters. The minimum Gasteiger partial charge on any atom is -0.349 e. The third-order valence-corrected chi connectivity index (χ3v) is 2.95. The molecule has 0 aromatic heterocycles. The van der Waals surface area contributed by atoms with Crippen molar-refractivity contribution in [2.75, 3.05) is 5.88 Å². The van der Waals surface area contributed by atoms with Gasteiger partial charge in [0.1, 0.15) is 5.82 Å². The molecule has 0 aliphatic rings. The van der Waals surface area contributed by atoms with E-state index in [0.717, 1.165) is 18.4 Å². The maximum absolute atomic E-state index is 13.1. The highest BCUT2D eigenvalue weighted by Crippen LogP contribution is 2.11. The lowest BCUT2D eigenvalue weighted by Crippen LogP contribution is -2.35. The van der Waals surface area contributed by atoms with Gasteiger partial charge in [-0.05, 0) is 37.5 Å². The molecular weight excluding hydrogens is 241 g/mol. The molecule has 2 nitrogen and oxygen atoms in total. The number of rotatable bonds is 5. The molecule has 1 N–H and O–H groups in total. The fraction of sp³-hybridized carbons (Fsp3) is 0.462. The van der Waals surface area contributed by atoms with Crippen molar-refractivity contribution in [3.05, 3.63) is 35.1 Å². The number of hydrogen-bond acceptors (Lipinski definition) is 1. The number of hydrogen-bond donors (Lipinski definition) is 1. The maximum atomic E-state index is 13.1. The first-order valence-electron chi connectivity index (χ1n) is 5.71. The van der Waals surface area contributed by atoms with Crippen LogP contribution in [0.4, 0.5) is 4.39 Å². The molecule has 0 saturated heterocycles. The van der Waals surface area contributed by atoms with E-state index in [1.165, 1.54) is 12.1 Å². The Morgan fingerprint density at radius 1 is 1.53 bits per heavy atom. The Morgan fingerprint density at radius 3 is 2.82 bits per heavy atom. The highest BCUT2D eigenvalue weighted by Gasteiger charge is 2.14. The van der Waals surface area contributed by atoms with E-state index >= 15 is 0 Å². The molecule has 1 rings (SSSR count). The Morgan fingerprint density at radius 2 is 2.24 bits per heavy atom. The second kappa shape index (κ2) is 6.60. The quantitative estimate of drug-likeness (QED) is 0.806. The number of benzene rings is 1. The first kappa shape index (κ1) is 14.0. The highest BCUT2D eigenvalue weighted by molar-refractivity contribution is 6.17. The number of carbonyl (C=O) groups excluding carboxylic acids is 1. The van der Waals surface area contributed by atoms with Gasteiger partial charge in [-0.25, -0.2) is 4.39 Å². The third-order valence-electron chi connectivity index (χ3n) is 2.73. The van der Waals surface area contributed by atoms with Crippen molar-refractivity contribution in [3.8, 4) is 0 Å². The lowest BCUT2D eigenvalue weighted by molar-refractivity contribution is 0.0934. The predicted molar refractivity (Wildman–Crippen MR) is 68.0 cm³/mol. The molecule has 0 aliphatic carbocycles. The Hall–Kier alpha value is -1.09. The molecule has 1 aromatic carbocycles. The fourth-order valence-corrected chi connectivity index (χ4v) is 1.88. The van der Waals surface area contributed by atoms with Crippen LogP contribution in [-0.4, -0.2) is 17.8 Å². The third kappa shape index (κ3) is 4.00. The Bertz CT molecular complexity index is 395. The molecule has 1 unspecified atom stereocenters. The minimum atomic E-state index is -0.397. The smallest absolute Gasteiger partial charge is 0.251 e. The summed E-state index contributed by atoms with van der Waals surface area (Å²) in [5.74, 6) is -0.133. The van der Waals surface area contributed by atoms with Gasteiger partial charge >= 0.3 is 0 Å². The standard InChI is InChI=1S/C13H17ClFNO/c1-3-11(6-7-14)16-13(17)12-8-10(15)5-4-9(12)2/h4-5,8,11H,3,6-7H2,1-2H3,(H,16,17). The Kier molecular flexibility index (Phi) is 5.42. The molecule has 0 fully saturated rings. The fourth-order valence-electron chi connectivity index (χ4n) is 1.61. The van der Waals surface area contributed by atoms with Gasteiger partial charge in [0.2, 0.25) is 0 Å². The summed E-state index contributed by atoms with van der Waals surface area (Å²) >= 11 is 5.65. The van der Waals surface area contributed by atoms with E-state index in [4.69, 9.17) is 11.6 Å². The molecule has 0 saturated carbocycles. The lowest BCUT2D eigenvalue weighted by atomic mass is 10.1. The van der Waals surface area contributed by atoms with Crippen LogP contribution in [0, 0.1) is 12.7 Å². The van der Waals surface area contributed by atoms with Crippen molar-refractivity contribution in [3.63, 3.8) is 0 Å². The molecule has 0 bridgehead atoms. The van der Waals surface area contributed by atoms with Crippen LogP contribution in [0.1, 0.15) is 35.7 Å². The van der Waals surface area contributed by atoms with Gasteiger partial charge in [0, 0.05) is 17.5 Å². The second-order valence-electron chi connectivity index (χ2n) is 4.02. The highest BCUT2D eigenvalue weighted by atomic mass is 35.5. The van der Waals surface area contributed by atoms with Gasteiger partial charge < -0.3 is 5.32 Å². The summed E-state index contributed by atoms with van der Waals surface area (Å²) in [7, 11) is 0. The normalized spacial score (nSPS) is 12.2. The van der Waals surface area contributed by atoms with Crippen molar-refractivity contribution in [2.45, 2.75) is 32.7 Å². The van der Waals surface area contributed by atoms with Gasteiger partial charge in [-0.2, -0.15) is 0 Å². The monoisotopic (exact) mass is 257 g/mol. The molecule has 1 amide bonds. The summed E-state index contributed by atoms with van der Waals surface area (Å²) in [4.78, 5) is 11.9. The Balaban J connectivity index is 2.78. The van der Waals surface area contributed by atoms with Crippen LogP contribution < -0.4 is 5.32 Å². The first-order valence-corrected chi connectivity index (χ1v) is 6.25. The summed E-state index contributed by atoms with van der Waals surface area (Å²) in [6.07, 6.45) is 1.53. The average Bonchev–Trinajstić information content (AvgIpc) is 2.31. The van der Waals surface area contributed by atoms with E-state index in [1.807, 2.05) is 6.92 Å². The van der Waals surface area contributed by atoms with Crippen LogP contribution in [0.3, 0.4) is 0 Å². The topological polar surface area (TPSA) is 29.1 Å². The van der Waals surface area contributed by atoms with Crippen molar-refractivity contribution in [2.24, 2.45) is 0 Å². The summed E-state index contributed by atoms with van der Waals surface area (Å²) in [5.41, 5.74) is 1.16. The zero-order valence-electron chi connectivity index (χ0n) is 10.1. The zero-order chi connectivity index (χ0) is 12.8. The summed E-state index contributed by atoms with van der Waals surface area (Å²) in [6.45, 7) is 3.77. The van der Waals surface area contributed by atoms with Crippen LogP contribution in [0.5, 0.6) is 0 Å². The maximum Gasteiger partial charge on any atom is 0.251 e. The van der Waals surface area contributed by atoms with Crippen LogP contribution in [0.2, 0.25) is 0 Å². The van der Waals surface area contributed by atoms with E-state index in [1.54, 1.807) is 13.0 Å². The molecule has 0 spiro atoms. The predicted octanol–water partition coefficient (Wildman–Crippen LogP) is 3.27.